The van der Waals surface area contributed by atoms with Crippen LogP contribution in [0.4, 0.5) is 0 Å². The van der Waals surface area contributed by atoms with E-state index in [0.717, 1.165) is 44.9 Å². The van der Waals surface area contributed by atoms with Gasteiger partial charge in [0, 0.05) is 12.8 Å². The molecule has 0 aliphatic heterocycles. The van der Waals surface area contributed by atoms with Crippen molar-refractivity contribution in [1.29, 1.82) is 0 Å². The molecule has 0 rings (SSSR count). The summed E-state index contributed by atoms with van der Waals surface area (Å²) in [5.74, 6) is -2.40. The highest BCUT2D eigenvalue weighted by molar-refractivity contribution is 5.87. The Bertz CT molecular complexity index is 687. The molecule has 0 spiro atoms. The van der Waals surface area contributed by atoms with E-state index in [1.165, 1.54) is 77.0 Å². The molecule has 9 nitrogen and oxygen atoms in total. The number of unbranched alkanes of at least 4 members (excludes halogenated alkanes) is 15. The van der Waals surface area contributed by atoms with Gasteiger partial charge >= 0.3 is 11.9 Å². The van der Waals surface area contributed by atoms with E-state index in [9.17, 15) is 19.2 Å². The molecule has 41 heavy (non-hydrogen) atoms. The highest BCUT2D eigenvalue weighted by Crippen LogP contribution is 2.16. The van der Waals surface area contributed by atoms with E-state index in [0.29, 0.717) is 12.8 Å². The van der Waals surface area contributed by atoms with Gasteiger partial charge in [-0.2, -0.15) is 0 Å². The Hall–Kier alpha value is -2.16. The van der Waals surface area contributed by atoms with Gasteiger partial charge in [0.05, 0.1) is 13.2 Å². The normalized spacial score (nSPS) is 12.5. The molecule has 0 aromatic carbocycles. The maximum atomic E-state index is 12.3. The average molecular weight is 585 g/mol. The van der Waals surface area contributed by atoms with E-state index < -0.39 is 24.5 Å². The molecule has 0 bridgehead atoms. The summed E-state index contributed by atoms with van der Waals surface area (Å²) in [4.78, 5) is 46.7. The van der Waals surface area contributed by atoms with Gasteiger partial charge in [0.25, 0.3) is 0 Å². The lowest BCUT2D eigenvalue weighted by Crippen LogP contribution is -2.47. The van der Waals surface area contributed by atoms with Gasteiger partial charge in [-0.05, 0) is 32.1 Å². The van der Waals surface area contributed by atoms with Crippen LogP contribution >= 0.6 is 0 Å². The average Bonchev–Trinajstić information content (AvgIpc) is 2.94. The van der Waals surface area contributed by atoms with Crippen LogP contribution in [-0.4, -0.2) is 59.3 Å². The van der Waals surface area contributed by atoms with Crippen LogP contribution in [0.1, 0.15) is 155 Å². The summed E-state index contributed by atoms with van der Waals surface area (Å²) < 4.78 is 5.73. The van der Waals surface area contributed by atoms with E-state index in [2.05, 4.69) is 24.5 Å². The Labute approximate surface area is 249 Å². The summed E-state index contributed by atoms with van der Waals surface area (Å²) in [7, 11) is 0. The zero-order chi connectivity index (χ0) is 30.6. The molecule has 0 heterocycles. The van der Waals surface area contributed by atoms with Gasteiger partial charge in [-0.3, -0.25) is 14.4 Å². The number of hydrogen-bond acceptors (Lipinski definition) is 6. The fraction of sp³-hybridized carbons (Fsp3) is 0.875. The van der Waals surface area contributed by atoms with Gasteiger partial charge in [-0.25, -0.2) is 4.79 Å². The molecule has 2 unspecified atom stereocenters. The van der Waals surface area contributed by atoms with Crippen molar-refractivity contribution in [2.75, 3.05) is 13.2 Å². The highest BCUT2D eigenvalue weighted by atomic mass is 16.5. The number of carbonyl (C=O) groups is 4. The van der Waals surface area contributed by atoms with Crippen LogP contribution in [0.5, 0.6) is 0 Å². The Morgan fingerprint density at radius 2 is 1.15 bits per heavy atom. The zero-order valence-corrected chi connectivity index (χ0v) is 26.1. The van der Waals surface area contributed by atoms with Gasteiger partial charge in [-0.1, -0.05) is 110 Å². The molecule has 0 saturated heterocycles. The van der Waals surface area contributed by atoms with Gasteiger partial charge < -0.3 is 25.6 Å². The van der Waals surface area contributed by atoms with Crippen molar-refractivity contribution in [3.05, 3.63) is 0 Å². The number of ether oxygens (including phenoxy) is 1. The molecule has 0 aromatic heterocycles. The first-order valence-electron chi connectivity index (χ1n) is 16.4. The van der Waals surface area contributed by atoms with Crippen LogP contribution < -0.4 is 10.6 Å². The van der Waals surface area contributed by atoms with Crippen molar-refractivity contribution < 1.29 is 34.1 Å². The van der Waals surface area contributed by atoms with Crippen molar-refractivity contribution in [3.63, 3.8) is 0 Å². The smallest absolute Gasteiger partial charge is 0.328 e. The second-order valence-electron chi connectivity index (χ2n) is 11.3. The summed E-state index contributed by atoms with van der Waals surface area (Å²) in [5, 5.41) is 22.3. The maximum Gasteiger partial charge on any atom is 0.328 e. The monoisotopic (exact) mass is 584 g/mol. The SMILES string of the molecule is CCCCCCCCCCCCCCCCC(=O)OC(CCC)CCCCCC(=O)NCC(=O)NC(CO)C(=O)O. The van der Waals surface area contributed by atoms with E-state index in [-0.39, 0.29) is 30.9 Å². The van der Waals surface area contributed by atoms with E-state index in [1.807, 2.05) is 0 Å². The molecule has 0 radical (unpaired) electrons. The Morgan fingerprint density at radius 3 is 1.66 bits per heavy atom. The second kappa shape index (κ2) is 28.0. The number of esters is 1. The fourth-order valence-electron chi connectivity index (χ4n) is 4.83. The first kappa shape index (κ1) is 38.8. The van der Waals surface area contributed by atoms with Gasteiger partial charge in [0.15, 0.2) is 0 Å². The molecule has 0 aromatic rings. The van der Waals surface area contributed by atoms with E-state index in [4.69, 9.17) is 14.9 Å². The van der Waals surface area contributed by atoms with Crippen LogP contribution in [0.25, 0.3) is 0 Å². The van der Waals surface area contributed by atoms with Crippen molar-refractivity contribution >= 4 is 23.8 Å². The fourth-order valence-corrected chi connectivity index (χ4v) is 4.83. The molecule has 0 fully saturated rings. The molecular weight excluding hydrogens is 524 g/mol. The number of aliphatic carboxylic acids is 1. The lowest BCUT2D eigenvalue weighted by atomic mass is 10.0. The minimum atomic E-state index is -1.39. The molecule has 240 valence electrons. The number of carboxylic acid groups (broad SMARTS) is 1. The van der Waals surface area contributed by atoms with Crippen molar-refractivity contribution in [2.45, 2.75) is 167 Å². The minimum absolute atomic E-state index is 0.0784. The number of aliphatic hydroxyl groups is 1. The third-order valence-electron chi connectivity index (χ3n) is 7.34. The van der Waals surface area contributed by atoms with Crippen molar-refractivity contribution in [3.8, 4) is 0 Å². The largest absolute Gasteiger partial charge is 0.480 e. The van der Waals surface area contributed by atoms with Gasteiger partial charge in [0.1, 0.15) is 12.1 Å². The molecule has 0 aliphatic carbocycles. The number of aliphatic hydroxyl groups excluding tert-OH is 1. The van der Waals surface area contributed by atoms with Crippen LogP contribution in [0.3, 0.4) is 0 Å². The Kier molecular flexibility index (Phi) is 26.5. The van der Waals surface area contributed by atoms with Gasteiger partial charge in [0.2, 0.25) is 11.8 Å². The van der Waals surface area contributed by atoms with E-state index in [1.54, 1.807) is 0 Å². The first-order valence-corrected chi connectivity index (χ1v) is 16.4. The molecule has 0 aliphatic rings. The molecule has 4 N–H and O–H groups in total. The predicted octanol–water partition coefficient (Wildman–Crippen LogP) is 6.20. The molecule has 9 heteroatoms. The summed E-state index contributed by atoms with van der Waals surface area (Å²) in [6, 6.07) is -1.39. The summed E-state index contributed by atoms with van der Waals surface area (Å²) in [6.07, 6.45) is 23.6. The maximum absolute atomic E-state index is 12.3. The van der Waals surface area contributed by atoms with Crippen LogP contribution in [-0.2, 0) is 23.9 Å². The topological polar surface area (TPSA) is 142 Å². The molecular formula is C32H60N2O7. The number of nitrogens with one attached hydrogen (secondary N) is 2. The molecule has 2 amide bonds. The quantitative estimate of drug-likeness (QED) is 0.0606. The third kappa shape index (κ3) is 25.3. The molecule has 2 atom stereocenters. The Balaban J connectivity index is 3.79. The zero-order valence-electron chi connectivity index (χ0n) is 26.1. The predicted molar refractivity (Wildman–Crippen MR) is 162 cm³/mol. The summed E-state index contributed by atoms with van der Waals surface area (Å²) in [5.41, 5.74) is 0. The van der Waals surface area contributed by atoms with Crippen LogP contribution in [0.2, 0.25) is 0 Å². The summed E-state index contributed by atoms with van der Waals surface area (Å²) in [6.45, 7) is 3.28. The van der Waals surface area contributed by atoms with Crippen LogP contribution in [0, 0.1) is 0 Å². The molecule has 0 saturated carbocycles. The third-order valence-corrected chi connectivity index (χ3v) is 7.34. The Morgan fingerprint density at radius 1 is 0.634 bits per heavy atom. The van der Waals surface area contributed by atoms with Crippen molar-refractivity contribution in [1.82, 2.24) is 10.6 Å². The number of amides is 2. The standard InChI is InChI=1S/C32H60N2O7/c1-3-5-6-7-8-9-10-11-12-13-14-15-16-20-24-31(38)41-27(21-4-2)22-18-17-19-23-29(36)33-25-30(37)34-28(26-35)32(39)40/h27-28,35H,3-26H2,1-2H3,(H,33,36)(H,34,37)(H,39,40). The number of carboxylic acids is 1. The van der Waals surface area contributed by atoms with E-state index >= 15 is 0 Å². The minimum Gasteiger partial charge on any atom is -0.480 e. The second-order valence-corrected chi connectivity index (χ2v) is 11.3. The number of rotatable bonds is 29. The first-order chi connectivity index (χ1) is 19.8. The highest BCUT2D eigenvalue weighted by Gasteiger charge is 2.19. The van der Waals surface area contributed by atoms with Gasteiger partial charge in [-0.15, -0.1) is 0 Å². The van der Waals surface area contributed by atoms with Crippen molar-refractivity contribution in [2.24, 2.45) is 0 Å². The lowest BCUT2D eigenvalue weighted by Gasteiger charge is -2.17. The summed E-state index contributed by atoms with van der Waals surface area (Å²) >= 11 is 0. The lowest BCUT2D eigenvalue weighted by molar-refractivity contribution is -0.150. The van der Waals surface area contributed by atoms with Crippen LogP contribution in [0.15, 0.2) is 0 Å². The number of hydrogen-bond donors (Lipinski definition) is 4. The number of carbonyl (C=O) groups excluding carboxylic acids is 3.